The van der Waals surface area contributed by atoms with E-state index in [2.05, 4.69) is 4.98 Å². The summed E-state index contributed by atoms with van der Waals surface area (Å²) in [4.78, 5) is 25.3. The monoisotopic (exact) mass is 204 g/mol. The molecule has 0 aliphatic heterocycles. The molecule has 2 N–H and O–H groups in total. The van der Waals surface area contributed by atoms with Crippen molar-refractivity contribution in [3.8, 4) is 6.07 Å². The number of aromatic nitrogens is 1. The number of pyridine rings is 1. The molecule has 0 amide bonds. The highest BCUT2D eigenvalue weighted by atomic mass is 16.3. The van der Waals surface area contributed by atoms with Crippen LogP contribution in [0.4, 0.5) is 0 Å². The Balaban J connectivity index is 2.65. The van der Waals surface area contributed by atoms with Gasteiger partial charge in [-0.15, -0.1) is 0 Å². The second-order valence-electron chi connectivity index (χ2n) is 3.43. The van der Waals surface area contributed by atoms with Gasteiger partial charge in [0.1, 0.15) is 17.7 Å². The minimum absolute atomic E-state index is 0.101. The number of hydrogen-bond acceptors (Lipinski definition) is 4. The predicted molar refractivity (Wildman–Crippen MR) is 50.4 cm³/mol. The number of hydrogen-bond donors (Lipinski definition) is 2. The minimum Gasteiger partial charge on any atom is -0.385 e. The van der Waals surface area contributed by atoms with Crippen molar-refractivity contribution < 1.29 is 9.90 Å². The third-order valence-electron chi connectivity index (χ3n) is 2.48. The predicted octanol–water partition coefficient (Wildman–Crippen LogP) is -0.264. The van der Waals surface area contributed by atoms with Gasteiger partial charge in [-0.3, -0.25) is 9.59 Å². The molecule has 5 nitrogen and oxygen atoms in total. The van der Waals surface area contributed by atoms with Crippen LogP contribution in [0, 0.1) is 11.3 Å². The lowest BCUT2D eigenvalue weighted by Gasteiger charge is -2.18. The number of nitrogens with zero attached hydrogens (tertiary/aromatic N) is 1. The molecule has 0 bridgehead atoms. The van der Waals surface area contributed by atoms with E-state index in [1.165, 1.54) is 6.07 Å². The number of ketones is 1. The molecule has 0 fully saturated rings. The van der Waals surface area contributed by atoms with Gasteiger partial charge in [-0.25, -0.2) is 0 Å². The number of nitrogens with one attached hydrogen (secondary N) is 1. The second kappa shape index (κ2) is 3.33. The molecule has 1 atom stereocenters. The second-order valence-corrected chi connectivity index (χ2v) is 3.43. The van der Waals surface area contributed by atoms with Gasteiger partial charge in [0.15, 0.2) is 5.78 Å². The Morgan fingerprint density at radius 2 is 2.27 bits per heavy atom. The standard InChI is InChI=1S/C10H8N2O3/c11-4-5-3-6-7(12-10(5)15)1-2-8(13)9(6)14/h3,8,13H,1-2H2,(H,12,15). The molecular weight excluding hydrogens is 196 g/mol. The molecule has 15 heavy (non-hydrogen) atoms. The zero-order valence-corrected chi connectivity index (χ0v) is 7.78. The molecule has 1 aliphatic carbocycles. The van der Waals surface area contributed by atoms with Crippen molar-refractivity contribution in [3.63, 3.8) is 0 Å². The number of aliphatic hydroxyl groups is 1. The van der Waals surface area contributed by atoms with Crippen LogP contribution in [0.25, 0.3) is 0 Å². The van der Waals surface area contributed by atoms with Gasteiger partial charge in [-0.1, -0.05) is 0 Å². The molecule has 1 unspecified atom stereocenters. The van der Waals surface area contributed by atoms with Crippen molar-refractivity contribution in [2.24, 2.45) is 0 Å². The Morgan fingerprint density at radius 1 is 1.53 bits per heavy atom. The van der Waals surface area contributed by atoms with Gasteiger partial charge in [-0.2, -0.15) is 5.26 Å². The summed E-state index contributed by atoms with van der Waals surface area (Å²) in [5.41, 5.74) is 0.177. The van der Waals surface area contributed by atoms with E-state index in [1.54, 1.807) is 6.07 Å². The van der Waals surface area contributed by atoms with Crippen molar-refractivity contribution in [1.29, 1.82) is 5.26 Å². The molecule has 2 rings (SSSR count). The largest absolute Gasteiger partial charge is 0.385 e. The number of rotatable bonds is 0. The fourth-order valence-corrected chi connectivity index (χ4v) is 1.66. The Bertz CT molecular complexity index is 524. The first kappa shape index (κ1) is 9.62. The topological polar surface area (TPSA) is 93.9 Å². The smallest absolute Gasteiger partial charge is 0.266 e. The Morgan fingerprint density at radius 3 is 2.93 bits per heavy atom. The van der Waals surface area contributed by atoms with Crippen LogP contribution in [0.3, 0.4) is 0 Å². The lowest BCUT2D eigenvalue weighted by atomic mass is 9.92. The highest BCUT2D eigenvalue weighted by Gasteiger charge is 2.26. The summed E-state index contributed by atoms with van der Waals surface area (Å²) in [7, 11) is 0. The summed E-state index contributed by atoms with van der Waals surface area (Å²) < 4.78 is 0. The summed E-state index contributed by atoms with van der Waals surface area (Å²) >= 11 is 0. The molecule has 76 valence electrons. The van der Waals surface area contributed by atoms with Crippen LogP contribution >= 0.6 is 0 Å². The van der Waals surface area contributed by atoms with Crippen LogP contribution in [0.1, 0.15) is 28.0 Å². The molecule has 1 heterocycles. The number of H-pyrrole nitrogens is 1. The molecule has 1 aromatic rings. The lowest BCUT2D eigenvalue weighted by Crippen LogP contribution is -2.30. The molecule has 0 saturated carbocycles. The van der Waals surface area contributed by atoms with Gasteiger partial charge >= 0.3 is 0 Å². The molecule has 1 aromatic heterocycles. The van der Waals surface area contributed by atoms with E-state index in [0.29, 0.717) is 18.5 Å². The van der Waals surface area contributed by atoms with E-state index < -0.39 is 17.4 Å². The molecule has 0 aromatic carbocycles. The number of carbonyl (C=O) groups excluding carboxylic acids is 1. The first-order chi connectivity index (χ1) is 7.13. The molecule has 5 heteroatoms. The zero-order chi connectivity index (χ0) is 11.0. The number of nitriles is 1. The van der Waals surface area contributed by atoms with Crippen LogP contribution in [-0.2, 0) is 6.42 Å². The average molecular weight is 204 g/mol. The van der Waals surface area contributed by atoms with E-state index >= 15 is 0 Å². The van der Waals surface area contributed by atoms with Crippen LogP contribution in [0.5, 0.6) is 0 Å². The first-order valence-electron chi connectivity index (χ1n) is 4.52. The van der Waals surface area contributed by atoms with Gasteiger partial charge in [-0.05, 0) is 18.9 Å². The zero-order valence-electron chi connectivity index (χ0n) is 7.78. The average Bonchev–Trinajstić information content (AvgIpc) is 2.23. The summed E-state index contributed by atoms with van der Waals surface area (Å²) in [5, 5.41) is 18.0. The van der Waals surface area contributed by atoms with E-state index in [9.17, 15) is 14.7 Å². The third kappa shape index (κ3) is 1.45. The van der Waals surface area contributed by atoms with Crippen molar-refractivity contribution in [2.75, 3.05) is 0 Å². The molecule has 0 spiro atoms. The lowest BCUT2D eigenvalue weighted by molar-refractivity contribution is 0.0710. The minimum atomic E-state index is -1.02. The number of aryl methyl sites for hydroxylation is 1. The molecule has 0 radical (unpaired) electrons. The molecular formula is C10H8N2O3. The molecule has 1 aliphatic rings. The SMILES string of the molecule is N#Cc1cc2c([nH]c1=O)CCC(O)C2=O. The maximum Gasteiger partial charge on any atom is 0.266 e. The number of aromatic amines is 1. The Hall–Kier alpha value is -1.93. The maximum atomic E-state index is 11.5. The number of carbonyl (C=O) groups is 1. The highest BCUT2D eigenvalue weighted by Crippen LogP contribution is 2.18. The van der Waals surface area contributed by atoms with Crippen molar-refractivity contribution >= 4 is 5.78 Å². The van der Waals surface area contributed by atoms with E-state index in [-0.39, 0.29) is 11.1 Å². The van der Waals surface area contributed by atoms with Gasteiger partial charge in [0.2, 0.25) is 0 Å². The fourth-order valence-electron chi connectivity index (χ4n) is 1.66. The Labute approximate surface area is 85.0 Å². The summed E-state index contributed by atoms with van der Waals surface area (Å²) in [5.74, 6) is -0.427. The summed E-state index contributed by atoms with van der Waals surface area (Å²) in [6.07, 6.45) is -0.258. The quantitative estimate of drug-likeness (QED) is 0.608. The van der Waals surface area contributed by atoms with Crippen LogP contribution in [-0.4, -0.2) is 22.0 Å². The fraction of sp³-hybridized carbons (Fsp3) is 0.300. The van der Waals surface area contributed by atoms with Crippen LogP contribution < -0.4 is 5.56 Å². The van der Waals surface area contributed by atoms with E-state index in [0.717, 1.165) is 0 Å². The third-order valence-corrected chi connectivity index (χ3v) is 2.48. The van der Waals surface area contributed by atoms with Gasteiger partial charge in [0.05, 0.1) is 0 Å². The van der Waals surface area contributed by atoms with Gasteiger partial charge in [0, 0.05) is 11.3 Å². The normalized spacial score (nSPS) is 19.5. The molecule has 0 saturated heterocycles. The number of aliphatic hydroxyl groups excluding tert-OH is 1. The van der Waals surface area contributed by atoms with Crippen LogP contribution in [0.2, 0.25) is 0 Å². The van der Waals surface area contributed by atoms with E-state index in [4.69, 9.17) is 5.26 Å². The van der Waals surface area contributed by atoms with Crippen molar-refractivity contribution in [3.05, 3.63) is 33.2 Å². The van der Waals surface area contributed by atoms with Crippen molar-refractivity contribution in [1.82, 2.24) is 4.98 Å². The number of Topliss-reactive ketones (excluding diaryl/α,β-unsaturated/α-hetero) is 1. The maximum absolute atomic E-state index is 11.5. The van der Waals surface area contributed by atoms with E-state index in [1.807, 2.05) is 0 Å². The van der Waals surface area contributed by atoms with Crippen molar-refractivity contribution in [2.45, 2.75) is 18.9 Å². The van der Waals surface area contributed by atoms with Gasteiger partial charge in [0.25, 0.3) is 5.56 Å². The van der Waals surface area contributed by atoms with Crippen LogP contribution in [0.15, 0.2) is 10.9 Å². The van der Waals surface area contributed by atoms with Gasteiger partial charge < -0.3 is 10.1 Å². The summed E-state index contributed by atoms with van der Waals surface area (Å²) in [6.45, 7) is 0. The summed E-state index contributed by atoms with van der Waals surface area (Å²) in [6, 6.07) is 2.95. The Kier molecular flexibility index (Phi) is 2.14. The first-order valence-corrected chi connectivity index (χ1v) is 4.52. The highest BCUT2D eigenvalue weighted by molar-refractivity contribution is 6.01. The number of fused-ring (bicyclic) bond motifs is 1.